The van der Waals surface area contributed by atoms with Gasteiger partial charge in [0.2, 0.25) is 0 Å². The van der Waals surface area contributed by atoms with Crippen LogP contribution in [0.2, 0.25) is 0 Å². The van der Waals surface area contributed by atoms with Crippen LogP contribution in [0, 0.1) is 5.92 Å². The summed E-state index contributed by atoms with van der Waals surface area (Å²) < 4.78 is 1.95. The Labute approximate surface area is 121 Å². The van der Waals surface area contributed by atoms with Crippen LogP contribution in [-0.2, 0) is 6.54 Å². The second-order valence-electron chi connectivity index (χ2n) is 6.01. The van der Waals surface area contributed by atoms with Crippen molar-refractivity contribution in [3.63, 3.8) is 0 Å². The Bertz CT molecular complexity index is 516. The van der Waals surface area contributed by atoms with E-state index in [-0.39, 0.29) is 0 Å². The average molecular weight is 269 g/mol. The maximum Gasteiger partial charge on any atom is 0.0659 e. The van der Waals surface area contributed by atoms with Crippen LogP contribution in [0.5, 0.6) is 0 Å². The molecule has 1 aliphatic carbocycles. The number of nitrogens with zero attached hydrogens (tertiary/aromatic N) is 2. The lowest BCUT2D eigenvalue weighted by Crippen LogP contribution is -2.26. The molecule has 3 rings (SSSR count). The number of aromatic nitrogens is 2. The van der Waals surface area contributed by atoms with Gasteiger partial charge in [0.15, 0.2) is 0 Å². The lowest BCUT2D eigenvalue weighted by atomic mass is 9.87. The van der Waals surface area contributed by atoms with E-state index >= 15 is 0 Å². The number of nitrogens with one attached hydrogen (secondary N) is 1. The number of hydrogen-bond donors (Lipinski definition) is 1. The first kappa shape index (κ1) is 13.2. The van der Waals surface area contributed by atoms with Crippen LogP contribution in [0.1, 0.15) is 38.2 Å². The van der Waals surface area contributed by atoms with E-state index in [9.17, 15) is 0 Å². The molecule has 2 unspecified atom stereocenters. The van der Waals surface area contributed by atoms with E-state index in [1.165, 1.54) is 36.9 Å². The maximum absolute atomic E-state index is 4.24. The first-order valence-corrected chi connectivity index (χ1v) is 7.62. The number of anilines is 1. The van der Waals surface area contributed by atoms with E-state index in [4.69, 9.17) is 0 Å². The lowest BCUT2D eigenvalue weighted by Gasteiger charge is -2.28. The fourth-order valence-electron chi connectivity index (χ4n) is 3.09. The van der Waals surface area contributed by atoms with Crippen LogP contribution in [0.25, 0.3) is 0 Å². The van der Waals surface area contributed by atoms with Crippen LogP contribution in [-0.4, -0.2) is 15.8 Å². The Kier molecular flexibility index (Phi) is 4.05. The van der Waals surface area contributed by atoms with Gasteiger partial charge < -0.3 is 5.32 Å². The molecule has 2 aromatic rings. The van der Waals surface area contributed by atoms with Gasteiger partial charge in [0.05, 0.1) is 6.54 Å². The molecule has 0 spiro atoms. The molecule has 0 aliphatic heterocycles. The van der Waals surface area contributed by atoms with Crippen LogP contribution in [0.3, 0.4) is 0 Å². The van der Waals surface area contributed by atoms with Gasteiger partial charge in [-0.2, -0.15) is 5.10 Å². The molecule has 0 amide bonds. The average Bonchev–Trinajstić information content (AvgIpc) is 2.94. The Morgan fingerprint density at radius 2 is 2.10 bits per heavy atom. The Hall–Kier alpha value is -1.77. The van der Waals surface area contributed by atoms with Crippen molar-refractivity contribution in [1.29, 1.82) is 0 Å². The van der Waals surface area contributed by atoms with Gasteiger partial charge in [-0.15, -0.1) is 0 Å². The molecule has 1 N–H and O–H groups in total. The van der Waals surface area contributed by atoms with Crippen molar-refractivity contribution >= 4 is 5.69 Å². The number of benzene rings is 1. The van der Waals surface area contributed by atoms with Crippen molar-refractivity contribution < 1.29 is 0 Å². The Morgan fingerprint density at radius 3 is 2.80 bits per heavy atom. The zero-order valence-electron chi connectivity index (χ0n) is 12.1. The molecule has 3 heteroatoms. The normalized spacial score (nSPS) is 22.6. The highest BCUT2D eigenvalue weighted by Crippen LogP contribution is 2.26. The van der Waals surface area contributed by atoms with Crippen molar-refractivity contribution in [2.24, 2.45) is 5.92 Å². The Balaban J connectivity index is 1.58. The lowest BCUT2D eigenvalue weighted by molar-refractivity contribution is 0.358. The highest BCUT2D eigenvalue weighted by Gasteiger charge is 2.18. The summed E-state index contributed by atoms with van der Waals surface area (Å²) in [5, 5.41) is 7.91. The van der Waals surface area contributed by atoms with Gasteiger partial charge in [-0.25, -0.2) is 0 Å². The summed E-state index contributed by atoms with van der Waals surface area (Å²) in [6.45, 7) is 3.20. The topological polar surface area (TPSA) is 29.9 Å². The zero-order valence-corrected chi connectivity index (χ0v) is 12.1. The van der Waals surface area contributed by atoms with Crippen molar-refractivity contribution in [2.45, 2.75) is 45.2 Å². The summed E-state index contributed by atoms with van der Waals surface area (Å²) in [6.07, 6.45) is 9.17. The minimum absolute atomic E-state index is 0.649. The predicted molar refractivity (Wildman–Crippen MR) is 82.8 cm³/mol. The standard InChI is InChI=1S/C17H23N3/c1-14-4-2-5-17(12-14)19-16-8-6-15(7-9-16)13-20-11-3-10-18-20/h3,6-11,14,17,19H,2,4-5,12-13H2,1H3. The molecule has 1 heterocycles. The monoisotopic (exact) mass is 269 g/mol. The van der Waals surface area contributed by atoms with Gasteiger partial charge in [0.25, 0.3) is 0 Å². The molecule has 1 fully saturated rings. The third-order valence-electron chi connectivity index (χ3n) is 4.16. The van der Waals surface area contributed by atoms with E-state index < -0.39 is 0 Å². The highest BCUT2D eigenvalue weighted by atomic mass is 15.3. The van der Waals surface area contributed by atoms with Gasteiger partial charge in [-0.1, -0.05) is 31.9 Å². The van der Waals surface area contributed by atoms with Crippen molar-refractivity contribution in [1.82, 2.24) is 9.78 Å². The van der Waals surface area contributed by atoms with E-state index in [1.807, 2.05) is 23.1 Å². The molecule has 1 aliphatic rings. The summed E-state index contributed by atoms with van der Waals surface area (Å²) in [5.41, 5.74) is 2.53. The second kappa shape index (κ2) is 6.12. The third kappa shape index (κ3) is 3.41. The van der Waals surface area contributed by atoms with Crippen LogP contribution in [0.15, 0.2) is 42.7 Å². The van der Waals surface area contributed by atoms with Crippen molar-refractivity contribution in [3.8, 4) is 0 Å². The minimum atomic E-state index is 0.649. The molecule has 0 radical (unpaired) electrons. The van der Waals surface area contributed by atoms with Gasteiger partial charge >= 0.3 is 0 Å². The SMILES string of the molecule is CC1CCCC(Nc2ccc(Cn3cccn3)cc2)C1. The molecule has 0 saturated heterocycles. The third-order valence-corrected chi connectivity index (χ3v) is 4.16. The van der Waals surface area contributed by atoms with Gasteiger partial charge in [0, 0.05) is 24.1 Å². The van der Waals surface area contributed by atoms with Gasteiger partial charge in [-0.3, -0.25) is 4.68 Å². The Morgan fingerprint density at radius 1 is 1.25 bits per heavy atom. The van der Waals surface area contributed by atoms with Crippen LogP contribution < -0.4 is 5.32 Å². The summed E-state index contributed by atoms with van der Waals surface area (Å²) in [4.78, 5) is 0. The van der Waals surface area contributed by atoms with Gasteiger partial charge in [0.1, 0.15) is 0 Å². The summed E-state index contributed by atoms with van der Waals surface area (Å²) in [5.74, 6) is 0.861. The fraction of sp³-hybridized carbons (Fsp3) is 0.471. The van der Waals surface area contributed by atoms with Crippen molar-refractivity contribution in [2.75, 3.05) is 5.32 Å². The van der Waals surface area contributed by atoms with Crippen LogP contribution in [0.4, 0.5) is 5.69 Å². The molecule has 1 aromatic heterocycles. The molecular weight excluding hydrogens is 246 g/mol. The smallest absolute Gasteiger partial charge is 0.0659 e. The number of hydrogen-bond acceptors (Lipinski definition) is 2. The quantitative estimate of drug-likeness (QED) is 0.911. The van der Waals surface area contributed by atoms with E-state index in [0.717, 1.165) is 12.5 Å². The predicted octanol–water partition coefficient (Wildman–Crippen LogP) is 3.92. The molecular formula is C17H23N3. The van der Waals surface area contributed by atoms with E-state index in [0.29, 0.717) is 6.04 Å². The molecule has 1 saturated carbocycles. The molecule has 20 heavy (non-hydrogen) atoms. The van der Waals surface area contributed by atoms with Crippen LogP contribution >= 0.6 is 0 Å². The maximum atomic E-state index is 4.24. The summed E-state index contributed by atoms with van der Waals surface area (Å²) in [7, 11) is 0. The molecule has 2 atom stereocenters. The molecule has 3 nitrogen and oxygen atoms in total. The highest BCUT2D eigenvalue weighted by molar-refractivity contribution is 5.45. The van der Waals surface area contributed by atoms with Crippen molar-refractivity contribution in [3.05, 3.63) is 48.3 Å². The fourth-order valence-corrected chi connectivity index (χ4v) is 3.09. The van der Waals surface area contributed by atoms with Gasteiger partial charge in [-0.05, 0) is 42.5 Å². The molecule has 1 aromatic carbocycles. The molecule has 0 bridgehead atoms. The molecule has 106 valence electrons. The largest absolute Gasteiger partial charge is 0.382 e. The number of rotatable bonds is 4. The first-order valence-electron chi connectivity index (χ1n) is 7.62. The summed E-state index contributed by atoms with van der Waals surface area (Å²) in [6, 6.07) is 11.4. The van der Waals surface area contributed by atoms with E-state index in [2.05, 4.69) is 41.6 Å². The zero-order chi connectivity index (χ0) is 13.8. The van der Waals surface area contributed by atoms with E-state index in [1.54, 1.807) is 0 Å². The second-order valence-corrected chi connectivity index (χ2v) is 6.01. The minimum Gasteiger partial charge on any atom is -0.382 e. The summed E-state index contributed by atoms with van der Waals surface area (Å²) >= 11 is 0. The first-order chi connectivity index (χ1) is 9.79.